The molecule has 1 aliphatic heterocycles. The van der Waals surface area contributed by atoms with Gasteiger partial charge in [-0.3, -0.25) is 9.59 Å². The molecule has 0 spiro atoms. The molecule has 2 aromatic carbocycles. The largest absolute Gasteiger partial charge is 0.455 e. The molecule has 1 aromatic heterocycles. The molecule has 1 aliphatic carbocycles. The quantitative estimate of drug-likeness (QED) is 0.605. The smallest absolute Gasteiger partial charge is 0.290 e. The van der Waals surface area contributed by atoms with Crippen LogP contribution in [0.3, 0.4) is 0 Å². The van der Waals surface area contributed by atoms with E-state index in [1.54, 1.807) is 6.07 Å². The van der Waals surface area contributed by atoms with E-state index in [2.05, 4.69) is 22.7 Å². The number of fused-ring (bicyclic) bond motifs is 2. The summed E-state index contributed by atoms with van der Waals surface area (Å²) in [7, 11) is 0. The molecule has 0 fully saturated rings. The predicted octanol–water partition coefficient (Wildman–Crippen LogP) is 4.57. The van der Waals surface area contributed by atoms with E-state index in [1.807, 2.05) is 49.1 Å². The molecule has 2 amide bonds. The van der Waals surface area contributed by atoms with Crippen LogP contribution < -0.4 is 5.43 Å². The van der Waals surface area contributed by atoms with Gasteiger partial charge in [0.05, 0.1) is 5.71 Å². The van der Waals surface area contributed by atoms with Crippen LogP contribution in [0.15, 0.2) is 58.0 Å². The van der Waals surface area contributed by atoms with Crippen LogP contribution in [0.4, 0.5) is 0 Å². The molecule has 0 unspecified atom stereocenters. The number of aryl methyl sites for hydroxylation is 2. The van der Waals surface area contributed by atoms with Crippen LogP contribution in [0.25, 0.3) is 0 Å². The number of hydrogen-bond donors (Lipinski definition) is 1. The van der Waals surface area contributed by atoms with E-state index < -0.39 is 0 Å². The van der Waals surface area contributed by atoms with Crippen LogP contribution in [-0.2, 0) is 19.4 Å². The maximum atomic E-state index is 13.4. The van der Waals surface area contributed by atoms with Crippen molar-refractivity contribution in [1.82, 2.24) is 10.3 Å². The maximum absolute atomic E-state index is 13.4. The summed E-state index contributed by atoms with van der Waals surface area (Å²) in [5.74, 6) is 0.847. The summed E-state index contributed by atoms with van der Waals surface area (Å²) in [6.07, 6.45) is 3.20. The molecule has 2 heterocycles. The molecular weight excluding hydrogens is 414 g/mol. The van der Waals surface area contributed by atoms with Crippen molar-refractivity contribution in [2.45, 2.75) is 46.1 Å². The molecule has 6 heteroatoms. The first-order valence-corrected chi connectivity index (χ1v) is 11.4. The van der Waals surface area contributed by atoms with Crippen molar-refractivity contribution in [3.8, 4) is 0 Å². The summed E-state index contributed by atoms with van der Waals surface area (Å²) in [5, 5.41) is 4.45. The lowest BCUT2D eigenvalue weighted by Gasteiger charge is -2.28. The lowest BCUT2D eigenvalue weighted by Crippen LogP contribution is -2.36. The minimum absolute atomic E-state index is 0.0836. The van der Waals surface area contributed by atoms with E-state index in [-0.39, 0.29) is 11.8 Å². The Hall–Kier alpha value is -3.67. The second kappa shape index (κ2) is 8.70. The highest BCUT2D eigenvalue weighted by Crippen LogP contribution is 2.31. The number of nitrogens with one attached hydrogen (secondary N) is 1. The van der Waals surface area contributed by atoms with E-state index in [9.17, 15) is 9.59 Å². The van der Waals surface area contributed by atoms with Crippen LogP contribution in [-0.4, -0.2) is 29.0 Å². The van der Waals surface area contributed by atoms with Gasteiger partial charge in [-0.25, -0.2) is 5.43 Å². The Bertz CT molecular complexity index is 1270. The summed E-state index contributed by atoms with van der Waals surface area (Å²) in [4.78, 5) is 27.8. The van der Waals surface area contributed by atoms with Gasteiger partial charge in [-0.15, -0.1) is 0 Å². The van der Waals surface area contributed by atoms with Crippen LogP contribution in [0.2, 0.25) is 0 Å². The van der Waals surface area contributed by atoms with Crippen molar-refractivity contribution in [1.29, 1.82) is 0 Å². The molecule has 0 radical (unpaired) electrons. The highest BCUT2D eigenvalue weighted by molar-refractivity contribution is 6.07. The molecule has 0 atom stereocenters. The molecule has 6 nitrogen and oxygen atoms in total. The second-order valence-corrected chi connectivity index (χ2v) is 8.77. The van der Waals surface area contributed by atoms with Gasteiger partial charge < -0.3 is 9.32 Å². The van der Waals surface area contributed by atoms with Crippen molar-refractivity contribution in [2.24, 2.45) is 5.10 Å². The summed E-state index contributed by atoms with van der Waals surface area (Å²) < 4.78 is 6.10. The van der Waals surface area contributed by atoms with E-state index in [4.69, 9.17) is 4.42 Å². The van der Waals surface area contributed by atoms with Crippen molar-refractivity contribution < 1.29 is 14.0 Å². The highest BCUT2D eigenvalue weighted by Gasteiger charge is 2.31. The fraction of sp³-hybridized carbons (Fsp3) is 0.296. The highest BCUT2D eigenvalue weighted by atomic mass is 16.4. The number of rotatable bonds is 3. The third kappa shape index (κ3) is 3.97. The summed E-state index contributed by atoms with van der Waals surface area (Å²) in [6.45, 7) is 5.08. The van der Waals surface area contributed by atoms with Crippen LogP contribution in [0.5, 0.6) is 0 Å². The normalized spacial score (nSPS) is 16.3. The lowest BCUT2D eigenvalue weighted by molar-refractivity contribution is 0.0699. The third-order valence-electron chi connectivity index (χ3n) is 6.62. The van der Waals surface area contributed by atoms with E-state index >= 15 is 0 Å². The van der Waals surface area contributed by atoms with Crippen LogP contribution in [0, 0.1) is 13.8 Å². The molecule has 2 aliphatic rings. The van der Waals surface area contributed by atoms with Crippen molar-refractivity contribution in [3.63, 3.8) is 0 Å². The fourth-order valence-corrected chi connectivity index (χ4v) is 4.80. The molecule has 33 heavy (non-hydrogen) atoms. The number of amides is 2. The zero-order valence-electron chi connectivity index (χ0n) is 19.0. The Morgan fingerprint density at radius 3 is 2.55 bits per heavy atom. The van der Waals surface area contributed by atoms with Crippen LogP contribution >= 0.6 is 0 Å². The minimum atomic E-state index is -0.239. The summed E-state index contributed by atoms with van der Waals surface area (Å²) in [5.41, 5.74) is 9.13. The zero-order chi connectivity index (χ0) is 22.9. The Balaban J connectivity index is 1.39. The van der Waals surface area contributed by atoms with Gasteiger partial charge in [0.2, 0.25) is 0 Å². The van der Waals surface area contributed by atoms with Crippen molar-refractivity contribution in [2.75, 3.05) is 6.54 Å². The average molecular weight is 442 g/mol. The third-order valence-corrected chi connectivity index (χ3v) is 6.62. The summed E-state index contributed by atoms with van der Waals surface area (Å²) >= 11 is 0. The van der Waals surface area contributed by atoms with Crippen LogP contribution in [0.1, 0.15) is 67.3 Å². The number of hydrogen-bond acceptors (Lipinski definition) is 4. The first kappa shape index (κ1) is 21.2. The van der Waals surface area contributed by atoms with E-state index in [0.717, 1.165) is 53.8 Å². The van der Waals surface area contributed by atoms with Gasteiger partial charge >= 0.3 is 0 Å². The molecule has 168 valence electrons. The van der Waals surface area contributed by atoms with Gasteiger partial charge in [0.15, 0.2) is 5.76 Å². The van der Waals surface area contributed by atoms with Gasteiger partial charge in [-0.1, -0.05) is 42.5 Å². The Morgan fingerprint density at radius 1 is 0.970 bits per heavy atom. The first-order valence-electron chi connectivity index (χ1n) is 11.4. The Morgan fingerprint density at radius 2 is 1.73 bits per heavy atom. The molecule has 0 saturated carbocycles. The zero-order valence-corrected chi connectivity index (χ0v) is 19.0. The monoisotopic (exact) mass is 441 g/mol. The number of hydrazone groups is 1. The predicted molar refractivity (Wildman–Crippen MR) is 126 cm³/mol. The molecule has 0 saturated heterocycles. The van der Waals surface area contributed by atoms with Gasteiger partial charge in [0.25, 0.3) is 11.8 Å². The molecule has 1 N–H and O–H groups in total. The van der Waals surface area contributed by atoms with Gasteiger partial charge in [-0.2, -0.15) is 5.10 Å². The fourth-order valence-electron chi connectivity index (χ4n) is 4.80. The Labute approximate surface area is 193 Å². The average Bonchev–Trinajstić information content (AvgIpc) is 3.19. The van der Waals surface area contributed by atoms with Gasteiger partial charge in [0, 0.05) is 36.2 Å². The van der Waals surface area contributed by atoms with Gasteiger partial charge in [-0.05, 0) is 55.9 Å². The molecular formula is C27H27N3O3. The number of nitrogens with zero attached hydrogens (tertiary/aromatic N) is 2. The van der Waals surface area contributed by atoms with Crippen molar-refractivity contribution >= 4 is 17.5 Å². The number of carbonyl (C=O) groups excluding carboxylic acids is 2. The van der Waals surface area contributed by atoms with E-state index in [1.165, 1.54) is 11.1 Å². The molecule has 5 rings (SSSR count). The number of carbonyl (C=O) groups is 2. The SMILES string of the molecule is Cc1ccccc1C(=O)N/N=C1\CCCc2oc(C(=O)N3CCc4ccccc4C3)c(C)c21. The minimum Gasteiger partial charge on any atom is -0.455 e. The standard InChI is InChI=1S/C27H27N3O3/c1-17-8-3-6-11-21(17)26(31)29-28-22-12-7-13-23-24(22)18(2)25(33-23)27(32)30-15-14-19-9-4-5-10-20(19)16-30/h3-6,8-11H,7,12-16H2,1-2H3,(H,29,31)/b28-22+. The Kier molecular flexibility index (Phi) is 5.58. The molecule has 3 aromatic rings. The van der Waals surface area contributed by atoms with E-state index in [0.29, 0.717) is 24.4 Å². The van der Waals surface area contributed by atoms with Crippen molar-refractivity contribution in [3.05, 3.63) is 93.4 Å². The number of benzene rings is 2. The molecule has 0 bridgehead atoms. The topological polar surface area (TPSA) is 74.9 Å². The first-order chi connectivity index (χ1) is 16.0. The van der Waals surface area contributed by atoms with Gasteiger partial charge in [0.1, 0.15) is 5.76 Å². The summed E-state index contributed by atoms with van der Waals surface area (Å²) in [6, 6.07) is 15.7. The maximum Gasteiger partial charge on any atom is 0.290 e. The number of furan rings is 1. The lowest BCUT2D eigenvalue weighted by atomic mass is 9.93. The second-order valence-electron chi connectivity index (χ2n) is 8.77.